The molecule has 0 saturated carbocycles. The van der Waals surface area contributed by atoms with E-state index in [1.54, 1.807) is 13.8 Å². The molecule has 1 N–H and O–H groups in total. The molecule has 1 aromatic carbocycles. The number of hydrogen-bond acceptors (Lipinski definition) is 5. The van der Waals surface area contributed by atoms with Crippen LogP contribution < -0.4 is 4.74 Å². The third kappa shape index (κ3) is 5.81. The Labute approximate surface area is 136 Å². The predicted molar refractivity (Wildman–Crippen MR) is 85.1 cm³/mol. The Morgan fingerprint density at radius 2 is 1.83 bits per heavy atom. The van der Waals surface area contributed by atoms with Crippen LogP contribution in [0.15, 0.2) is 29.2 Å². The third-order valence-electron chi connectivity index (χ3n) is 3.00. The van der Waals surface area contributed by atoms with Gasteiger partial charge in [0.25, 0.3) is 0 Å². The van der Waals surface area contributed by atoms with Crippen molar-refractivity contribution in [3.63, 3.8) is 0 Å². The fraction of sp³-hybridized carbons (Fsp3) is 0.533. The first-order valence-corrected chi connectivity index (χ1v) is 8.77. The average molecular weight is 345 g/mol. The Bertz CT molecular complexity index is 597. The molecule has 0 aliphatic heterocycles. The summed E-state index contributed by atoms with van der Waals surface area (Å²) in [7, 11) is -3.87. The summed E-state index contributed by atoms with van der Waals surface area (Å²) in [6.45, 7) is 6.00. The molecule has 0 aromatic heterocycles. The van der Waals surface area contributed by atoms with Crippen LogP contribution in [0.25, 0.3) is 0 Å². The maximum Gasteiger partial charge on any atom is 0.318 e. The van der Waals surface area contributed by atoms with Crippen LogP contribution in [0.1, 0.15) is 20.8 Å². The second-order valence-electron chi connectivity index (χ2n) is 5.05. The van der Waals surface area contributed by atoms with Crippen LogP contribution >= 0.6 is 0 Å². The molecule has 8 heteroatoms. The Morgan fingerprint density at radius 1 is 1.22 bits per heavy atom. The molecule has 1 aromatic rings. The molecule has 0 aliphatic carbocycles. The number of carbonyl (C=O) groups is 1. The number of carboxylic acid groups (broad SMARTS) is 1. The monoisotopic (exact) mass is 345 g/mol. The summed E-state index contributed by atoms with van der Waals surface area (Å²) >= 11 is 0. The molecule has 0 unspecified atom stereocenters. The van der Waals surface area contributed by atoms with Crippen molar-refractivity contribution in [3.05, 3.63) is 24.3 Å². The highest BCUT2D eigenvalue weighted by Gasteiger charge is 2.28. The number of carboxylic acids is 1. The first-order valence-electron chi connectivity index (χ1n) is 7.33. The van der Waals surface area contributed by atoms with Gasteiger partial charge >= 0.3 is 5.97 Å². The summed E-state index contributed by atoms with van der Waals surface area (Å²) in [5, 5.41) is 8.89. The van der Waals surface area contributed by atoms with Crippen LogP contribution in [0.3, 0.4) is 0 Å². The van der Waals surface area contributed by atoms with Crippen LogP contribution in [0.5, 0.6) is 5.75 Å². The fourth-order valence-corrected chi connectivity index (χ4v) is 3.47. The van der Waals surface area contributed by atoms with Crippen LogP contribution in [-0.4, -0.2) is 56.2 Å². The van der Waals surface area contributed by atoms with Gasteiger partial charge in [0, 0.05) is 12.6 Å². The van der Waals surface area contributed by atoms with E-state index in [1.165, 1.54) is 24.3 Å². The van der Waals surface area contributed by atoms with Gasteiger partial charge in [-0.2, -0.15) is 4.31 Å². The van der Waals surface area contributed by atoms with Crippen molar-refractivity contribution in [1.82, 2.24) is 4.31 Å². The van der Waals surface area contributed by atoms with Crippen LogP contribution in [-0.2, 0) is 19.6 Å². The summed E-state index contributed by atoms with van der Waals surface area (Å²) < 4.78 is 36.6. The smallest absolute Gasteiger partial charge is 0.318 e. The summed E-state index contributed by atoms with van der Waals surface area (Å²) in [5.41, 5.74) is 0. The highest BCUT2D eigenvalue weighted by atomic mass is 32.2. The van der Waals surface area contributed by atoms with Gasteiger partial charge in [0.15, 0.2) is 0 Å². The Balaban J connectivity index is 2.85. The maximum absolute atomic E-state index is 12.5. The molecule has 1 rings (SSSR count). The van der Waals surface area contributed by atoms with Crippen molar-refractivity contribution in [3.8, 4) is 5.75 Å². The molecule has 0 bridgehead atoms. The molecule has 130 valence electrons. The van der Waals surface area contributed by atoms with Gasteiger partial charge in [-0.05, 0) is 45.0 Å². The van der Waals surface area contributed by atoms with E-state index < -0.39 is 28.6 Å². The van der Waals surface area contributed by atoms with Gasteiger partial charge in [0.05, 0.1) is 11.5 Å². The van der Waals surface area contributed by atoms with Crippen LogP contribution in [0.2, 0.25) is 0 Å². The molecule has 0 spiro atoms. The van der Waals surface area contributed by atoms with Gasteiger partial charge in [-0.25, -0.2) is 8.42 Å². The van der Waals surface area contributed by atoms with Gasteiger partial charge in [-0.15, -0.1) is 0 Å². The summed E-state index contributed by atoms with van der Waals surface area (Å²) in [6, 6.07) is 5.43. The number of benzene rings is 1. The van der Waals surface area contributed by atoms with E-state index in [4.69, 9.17) is 14.6 Å². The summed E-state index contributed by atoms with van der Waals surface area (Å²) in [6.07, 6.45) is 0. The molecule has 7 nitrogen and oxygen atoms in total. The van der Waals surface area contributed by atoms with Crippen molar-refractivity contribution in [1.29, 1.82) is 0 Å². The number of nitrogens with zero attached hydrogens (tertiary/aromatic N) is 1. The number of rotatable bonds is 10. The molecule has 0 aliphatic rings. The minimum absolute atomic E-state index is 0.0320. The lowest BCUT2D eigenvalue weighted by molar-refractivity contribution is -0.137. The third-order valence-corrected chi connectivity index (χ3v) is 5.03. The van der Waals surface area contributed by atoms with E-state index in [0.717, 1.165) is 4.31 Å². The van der Waals surface area contributed by atoms with Crippen molar-refractivity contribution in [2.24, 2.45) is 0 Å². The SMILES string of the molecule is CCOCCOc1ccc(S(=O)(=O)N(CC(=O)O)C(C)C)cc1. The van der Waals surface area contributed by atoms with E-state index in [2.05, 4.69) is 0 Å². The number of sulfonamides is 1. The van der Waals surface area contributed by atoms with Gasteiger partial charge < -0.3 is 14.6 Å². The van der Waals surface area contributed by atoms with Gasteiger partial charge in [-0.1, -0.05) is 0 Å². The van der Waals surface area contributed by atoms with Crippen molar-refractivity contribution in [2.75, 3.05) is 26.4 Å². The number of ether oxygens (including phenoxy) is 2. The Kier molecular flexibility index (Phi) is 7.47. The van der Waals surface area contributed by atoms with Gasteiger partial charge in [0.2, 0.25) is 10.0 Å². The highest BCUT2D eigenvalue weighted by Crippen LogP contribution is 2.21. The second-order valence-corrected chi connectivity index (χ2v) is 6.95. The maximum atomic E-state index is 12.5. The Morgan fingerprint density at radius 3 is 2.30 bits per heavy atom. The molecule has 0 saturated heterocycles. The minimum atomic E-state index is -3.87. The van der Waals surface area contributed by atoms with Crippen molar-refractivity contribution >= 4 is 16.0 Å². The first kappa shape index (κ1) is 19.4. The standard InChI is InChI=1S/C15H23NO6S/c1-4-21-9-10-22-13-5-7-14(8-6-13)23(19,20)16(12(2)3)11-15(17)18/h5-8,12H,4,9-11H2,1-3H3,(H,17,18). The van der Waals surface area contributed by atoms with E-state index in [1.807, 2.05) is 6.92 Å². The van der Waals surface area contributed by atoms with Crippen LogP contribution in [0.4, 0.5) is 0 Å². The number of hydrogen-bond donors (Lipinski definition) is 1. The minimum Gasteiger partial charge on any atom is -0.491 e. The van der Waals surface area contributed by atoms with Crippen LogP contribution in [0, 0.1) is 0 Å². The zero-order valence-corrected chi connectivity index (χ0v) is 14.4. The van der Waals surface area contributed by atoms with Gasteiger partial charge in [0.1, 0.15) is 18.9 Å². The molecule has 0 fully saturated rings. The molecular weight excluding hydrogens is 322 g/mol. The first-order chi connectivity index (χ1) is 10.8. The highest BCUT2D eigenvalue weighted by molar-refractivity contribution is 7.89. The molecule has 0 amide bonds. The second kappa shape index (κ2) is 8.85. The largest absolute Gasteiger partial charge is 0.491 e. The molecule has 0 atom stereocenters. The van der Waals surface area contributed by atoms with E-state index in [0.29, 0.717) is 25.6 Å². The quantitative estimate of drug-likeness (QED) is 0.647. The molecule has 0 heterocycles. The van der Waals surface area contributed by atoms with Crippen molar-refractivity contribution in [2.45, 2.75) is 31.7 Å². The lowest BCUT2D eigenvalue weighted by atomic mass is 10.3. The topological polar surface area (TPSA) is 93.1 Å². The Hall–Kier alpha value is -1.64. The molecule has 0 radical (unpaired) electrons. The van der Waals surface area contributed by atoms with Gasteiger partial charge in [-0.3, -0.25) is 4.79 Å². The predicted octanol–water partition coefficient (Wildman–Crippen LogP) is 1.59. The molecular formula is C15H23NO6S. The lowest BCUT2D eigenvalue weighted by Gasteiger charge is -2.24. The summed E-state index contributed by atoms with van der Waals surface area (Å²) in [4.78, 5) is 10.9. The normalized spacial score (nSPS) is 11.9. The average Bonchev–Trinajstić information content (AvgIpc) is 2.49. The summed E-state index contributed by atoms with van der Waals surface area (Å²) in [5.74, 6) is -0.670. The molecule has 23 heavy (non-hydrogen) atoms. The zero-order valence-electron chi connectivity index (χ0n) is 13.6. The fourth-order valence-electron chi connectivity index (χ4n) is 1.88. The number of aliphatic carboxylic acids is 1. The van der Waals surface area contributed by atoms with E-state index >= 15 is 0 Å². The van der Waals surface area contributed by atoms with E-state index in [-0.39, 0.29) is 4.90 Å². The van der Waals surface area contributed by atoms with E-state index in [9.17, 15) is 13.2 Å². The zero-order chi connectivity index (χ0) is 17.5. The van der Waals surface area contributed by atoms with Crippen molar-refractivity contribution < 1.29 is 27.8 Å². The lowest BCUT2D eigenvalue weighted by Crippen LogP contribution is -2.40.